The van der Waals surface area contributed by atoms with Gasteiger partial charge in [0.05, 0.1) is 18.8 Å². The molecule has 1 atom stereocenters. The van der Waals surface area contributed by atoms with Gasteiger partial charge < -0.3 is 9.47 Å². The van der Waals surface area contributed by atoms with Crippen molar-refractivity contribution in [3.63, 3.8) is 0 Å². The number of fused-ring (bicyclic) bond motifs is 3. The normalized spacial score (nSPS) is 17.7. The first kappa shape index (κ1) is 14.1. The minimum absolute atomic E-state index is 0.0815. The van der Waals surface area contributed by atoms with Gasteiger partial charge in [0.25, 0.3) is 0 Å². The van der Waals surface area contributed by atoms with E-state index >= 15 is 0 Å². The van der Waals surface area contributed by atoms with E-state index < -0.39 is 0 Å². The molecule has 1 aromatic heterocycles. The fourth-order valence-electron chi connectivity index (χ4n) is 2.98. The SMILES string of the molecule is COc1ccc2ncc3c(c2c1F)CC(CC(C)(C)C)O3. The first-order valence-electron chi connectivity index (χ1n) is 7.20. The maximum absolute atomic E-state index is 14.6. The number of aromatic nitrogens is 1. The summed E-state index contributed by atoms with van der Waals surface area (Å²) in [5, 5.41) is 0.531. The number of methoxy groups -OCH3 is 1. The third-order valence-electron chi connectivity index (χ3n) is 3.79. The summed E-state index contributed by atoms with van der Waals surface area (Å²) in [5.41, 5.74) is 1.73. The van der Waals surface area contributed by atoms with Crippen molar-refractivity contribution >= 4 is 10.9 Å². The summed E-state index contributed by atoms with van der Waals surface area (Å²) in [6.07, 6.45) is 3.43. The maximum Gasteiger partial charge on any atom is 0.174 e. The zero-order valence-electron chi connectivity index (χ0n) is 12.9. The Labute approximate surface area is 124 Å². The van der Waals surface area contributed by atoms with E-state index in [2.05, 4.69) is 25.8 Å². The van der Waals surface area contributed by atoms with Crippen molar-refractivity contribution in [1.82, 2.24) is 4.98 Å². The van der Waals surface area contributed by atoms with Crippen LogP contribution in [0.5, 0.6) is 11.5 Å². The van der Waals surface area contributed by atoms with Gasteiger partial charge in [-0.15, -0.1) is 0 Å². The van der Waals surface area contributed by atoms with Crippen molar-refractivity contribution in [2.75, 3.05) is 7.11 Å². The molecule has 1 aliphatic rings. The first-order chi connectivity index (χ1) is 9.89. The highest BCUT2D eigenvalue weighted by Gasteiger charge is 2.30. The van der Waals surface area contributed by atoms with Gasteiger partial charge in [-0.1, -0.05) is 20.8 Å². The van der Waals surface area contributed by atoms with Crippen molar-refractivity contribution in [3.05, 3.63) is 29.7 Å². The van der Waals surface area contributed by atoms with Crippen LogP contribution in [0.2, 0.25) is 0 Å². The summed E-state index contributed by atoms with van der Waals surface area (Å²) in [6.45, 7) is 6.54. The second-order valence-corrected chi connectivity index (χ2v) is 6.79. The first-order valence-corrected chi connectivity index (χ1v) is 7.20. The Morgan fingerprint density at radius 2 is 2.14 bits per heavy atom. The molecule has 1 aromatic carbocycles. The second-order valence-electron chi connectivity index (χ2n) is 6.79. The third kappa shape index (κ3) is 2.55. The lowest BCUT2D eigenvalue weighted by molar-refractivity contribution is 0.166. The number of hydrogen-bond donors (Lipinski definition) is 0. The van der Waals surface area contributed by atoms with E-state index in [0.29, 0.717) is 16.7 Å². The van der Waals surface area contributed by atoms with Crippen LogP contribution < -0.4 is 9.47 Å². The van der Waals surface area contributed by atoms with Gasteiger partial charge in [0.1, 0.15) is 11.9 Å². The average Bonchev–Trinajstić information content (AvgIpc) is 2.78. The van der Waals surface area contributed by atoms with Crippen LogP contribution in [0.1, 0.15) is 32.8 Å². The standard InChI is InChI=1S/C17H20FNO2/c1-17(2,3)8-10-7-11-14(21-10)9-19-12-5-6-13(20-4)16(18)15(11)12/h5-6,9-10H,7-8H2,1-4H3. The van der Waals surface area contributed by atoms with E-state index in [1.165, 1.54) is 7.11 Å². The van der Waals surface area contributed by atoms with Gasteiger partial charge in [-0.25, -0.2) is 4.39 Å². The number of rotatable bonds is 2. The fraction of sp³-hybridized carbons (Fsp3) is 0.471. The Bertz CT molecular complexity index is 691. The smallest absolute Gasteiger partial charge is 0.174 e. The topological polar surface area (TPSA) is 31.4 Å². The molecule has 0 fully saturated rings. The minimum Gasteiger partial charge on any atom is -0.494 e. The lowest BCUT2D eigenvalue weighted by Gasteiger charge is -2.22. The third-order valence-corrected chi connectivity index (χ3v) is 3.79. The summed E-state index contributed by atoms with van der Waals surface area (Å²) in [7, 11) is 1.47. The van der Waals surface area contributed by atoms with Crippen LogP contribution in [-0.2, 0) is 6.42 Å². The van der Waals surface area contributed by atoms with Crippen LogP contribution in [-0.4, -0.2) is 18.2 Å². The van der Waals surface area contributed by atoms with Crippen LogP contribution in [0.25, 0.3) is 10.9 Å². The Morgan fingerprint density at radius 1 is 1.38 bits per heavy atom. The molecule has 0 radical (unpaired) electrons. The number of pyridine rings is 1. The quantitative estimate of drug-likeness (QED) is 0.833. The van der Waals surface area contributed by atoms with Crippen molar-refractivity contribution < 1.29 is 13.9 Å². The second kappa shape index (κ2) is 4.86. The number of hydrogen-bond acceptors (Lipinski definition) is 3. The lowest BCUT2D eigenvalue weighted by atomic mass is 9.87. The zero-order chi connectivity index (χ0) is 15.2. The van der Waals surface area contributed by atoms with E-state index in [1.807, 2.05) is 0 Å². The predicted octanol–water partition coefficient (Wildman–Crippen LogP) is 4.12. The Kier molecular flexibility index (Phi) is 3.27. The molecule has 2 heterocycles. The van der Waals surface area contributed by atoms with E-state index in [-0.39, 0.29) is 23.1 Å². The summed E-state index contributed by atoms with van der Waals surface area (Å²) >= 11 is 0. The van der Waals surface area contributed by atoms with E-state index in [1.54, 1.807) is 18.3 Å². The molecule has 0 spiro atoms. The molecule has 1 aliphatic heterocycles. The summed E-state index contributed by atoms with van der Waals surface area (Å²) in [4.78, 5) is 4.30. The molecule has 0 amide bonds. The van der Waals surface area contributed by atoms with Crippen LogP contribution in [0.4, 0.5) is 4.39 Å². The van der Waals surface area contributed by atoms with E-state index in [0.717, 1.165) is 18.4 Å². The molecule has 2 aromatic rings. The molecule has 0 bridgehead atoms. The molecular weight excluding hydrogens is 269 g/mol. The Hall–Kier alpha value is -1.84. The van der Waals surface area contributed by atoms with Gasteiger partial charge in [0, 0.05) is 17.4 Å². The van der Waals surface area contributed by atoms with Crippen molar-refractivity contribution in [1.29, 1.82) is 0 Å². The molecule has 3 rings (SSSR count). The summed E-state index contributed by atoms with van der Waals surface area (Å²) in [6, 6.07) is 3.40. The van der Waals surface area contributed by atoms with Gasteiger partial charge >= 0.3 is 0 Å². The van der Waals surface area contributed by atoms with Crippen LogP contribution in [0.3, 0.4) is 0 Å². The van der Waals surface area contributed by atoms with Gasteiger partial charge in [-0.2, -0.15) is 0 Å². The number of benzene rings is 1. The largest absolute Gasteiger partial charge is 0.494 e. The number of halogens is 1. The Morgan fingerprint density at radius 3 is 2.81 bits per heavy atom. The summed E-state index contributed by atoms with van der Waals surface area (Å²) < 4.78 is 25.6. The molecular formula is C17H20FNO2. The average molecular weight is 289 g/mol. The molecule has 0 saturated carbocycles. The summed E-state index contributed by atoms with van der Waals surface area (Å²) in [5.74, 6) is 0.597. The highest BCUT2D eigenvalue weighted by atomic mass is 19.1. The molecule has 21 heavy (non-hydrogen) atoms. The van der Waals surface area contributed by atoms with E-state index in [9.17, 15) is 4.39 Å². The van der Waals surface area contributed by atoms with Crippen LogP contribution >= 0.6 is 0 Å². The van der Waals surface area contributed by atoms with Gasteiger partial charge in [-0.3, -0.25) is 4.98 Å². The molecule has 112 valence electrons. The highest BCUT2D eigenvalue weighted by Crippen LogP contribution is 2.39. The molecule has 1 unspecified atom stereocenters. The maximum atomic E-state index is 14.6. The van der Waals surface area contributed by atoms with Crippen LogP contribution in [0.15, 0.2) is 18.3 Å². The molecule has 4 heteroatoms. The molecule has 0 N–H and O–H groups in total. The highest BCUT2D eigenvalue weighted by molar-refractivity contribution is 5.86. The van der Waals surface area contributed by atoms with Crippen molar-refractivity contribution in [3.8, 4) is 11.5 Å². The van der Waals surface area contributed by atoms with Gasteiger partial charge in [0.2, 0.25) is 0 Å². The fourth-order valence-corrected chi connectivity index (χ4v) is 2.98. The lowest BCUT2D eigenvalue weighted by Crippen LogP contribution is -2.21. The molecule has 0 saturated heterocycles. The predicted molar refractivity (Wildman–Crippen MR) is 80.4 cm³/mol. The molecule has 3 nitrogen and oxygen atoms in total. The Balaban J connectivity index is 2.06. The van der Waals surface area contributed by atoms with Gasteiger partial charge in [0.15, 0.2) is 11.6 Å². The van der Waals surface area contributed by atoms with Crippen molar-refractivity contribution in [2.45, 2.75) is 39.7 Å². The number of ether oxygens (including phenoxy) is 2. The molecule has 0 aliphatic carbocycles. The number of nitrogens with zero attached hydrogens (tertiary/aromatic N) is 1. The van der Waals surface area contributed by atoms with Gasteiger partial charge in [-0.05, 0) is 24.0 Å². The minimum atomic E-state index is -0.348. The van der Waals surface area contributed by atoms with Crippen LogP contribution in [0, 0.1) is 11.2 Å². The monoisotopic (exact) mass is 289 g/mol. The zero-order valence-corrected chi connectivity index (χ0v) is 12.9. The van der Waals surface area contributed by atoms with Crippen molar-refractivity contribution in [2.24, 2.45) is 5.41 Å². The van der Waals surface area contributed by atoms with E-state index in [4.69, 9.17) is 9.47 Å².